The molecule has 1 aromatic carbocycles. The first kappa shape index (κ1) is 15.0. The Balaban J connectivity index is 1.90. The average molecular weight is 333 g/mol. The van der Waals surface area contributed by atoms with Crippen LogP contribution in [-0.2, 0) is 4.79 Å². The maximum absolute atomic E-state index is 11.5. The molecule has 0 aliphatic heterocycles. The first-order chi connectivity index (χ1) is 12.1. The third-order valence-electron chi connectivity index (χ3n) is 3.68. The van der Waals surface area contributed by atoms with E-state index in [4.69, 9.17) is 0 Å². The lowest BCUT2D eigenvalue weighted by Crippen LogP contribution is -2.12. The van der Waals surface area contributed by atoms with Crippen molar-refractivity contribution >= 4 is 22.8 Å². The molecular weight excluding hydrogens is 318 g/mol. The van der Waals surface area contributed by atoms with Crippen molar-refractivity contribution in [1.82, 2.24) is 29.5 Å². The van der Waals surface area contributed by atoms with Crippen LogP contribution in [0.3, 0.4) is 0 Å². The lowest BCUT2D eigenvalue weighted by Gasteiger charge is -2.07. The highest BCUT2D eigenvalue weighted by Gasteiger charge is 2.16. The minimum atomic E-state index is -0.175. The molecule has 4 rings (SSSR count). The van der Waals surface area contributed by atoms with Crippen LogP contribution in [-0.4, -0.2) is 35.4 Å². The van der Waals surface area contributed by atoms with Gasteiger partial charge in [0.1, 0.15) is 12.1 Å². The zero-order chi connectivity index (χ0) is 17.4. The van der Waals surface area contributed by atoms with Crippen molar-refractivity contribution in [2.24, 2.45) is 0 Å². The number of hydrogen-bond donors (Lipinski definition) is 1. The minimum absolute atomic E-state index is 0.175. The van der Waals surface area contributed by atoms with Crippen molar-refractivity contribution in [2.45, 2.75) is 13.8 Å². The number of benzene rings is 1. The second-order valence-electron chi connectivity index (χ2n) is 5.59. The van der Waals surface area contributed by atoms with E-state index in [1.807, 2.05) is 37.3 Å². The molecule has 0 spiro atoms. The number of nitrogens with one attached hydrogen (secondary N) is 1. The molecule has 0 unspecified atom stereocenters. The van der Waals surface area contributed by atoms with E-state index in [-0.39, 0.29) is 5.91 Å². The first-order valence-corrected chi connectivity index (χ1v) is 7.72. The van der Waals surface area contributed by atoms with Crippen molar-refractivity contribution in [2.75, 3.05) is 5.32 Å². The van der Waals surface area contributed by atoms with Gasteiger partial charge in [-0.3, -0.25) is 4.79 Å². The van der Waals surface area contributed by atoms with Crippen LogP contribution >= 0.6 is 0 Å². The van der Waals surface area contributed by atoms with Crippen LogP contribution < -0.4 is 5.32 Å². The third-order valence-corrected chi connectivity index (χ3v) is 3.68. The highest BCUT2D eigenvalue weighted by atomic mass is 16.1. The van der Waals surface area contributed by atoms with Crippen molar-refractivity contribution in [3.63, 3.8) is 0 Å². The van der Waals surface area contributed by atoms with Gasteiger partial charge < -0.3 is 5.32 Å². The molecule has 25 heavy (non-hydrogen) atoms. The van der Waals surface area contributed by atoms with Crippen LogP contribution in [0.2, 0.25) is 0 Å². The summed E-state index contributed by atoms with van der Waals surface area (Å²) in [6.07, 6.45) is 3.17. The largest absolute Gasteiger partial charge is 0.311 e. The van der Waals surface area contributed by atoms with Gasteiger partial charge in [-0.1, -0.05) is 18.2 Å². The molecule has 0 fully saturated rings. The number of aromatic nitrogens is 6. The average Bonchev–Trinajstić information content (AvgIpc) is 3.18. The number of fused-ring (bicyclic) bond motifs is 1. The molecule has 4 aromatic rings. The normalized spacial score (nSPS) is 11.0. The Morgan fingerprint density at radius 2 is 1.92 bits per heavy atom. The van der Waals surface area contributed by atoms with Crippen molar-refractivity contribution < 1.29 is 4.79 Å². The highest BCUT2D eigenvalue weighted by molar-refractivity contribution is 5.89. The summed E-state index contributed by atoms with van der Waals surface area (Å²) in [7, 11) is 0. The SMILES string of the molecule is CC(=O)Nc1cc(C)nn1-c1ncnc2c1cnn2-c1ccccc1. The lowest BCUT2D eigenvalue weighted by atomic mass is 10.3. The molecular formula is C17H15N7O. The van der Waals surface area contributed by atoms with Gasteiger partial charge in [-0.15, -0.1) is 0 Å². The van der Waals surface area contributed by atoms with Crippen molar-refractivity contribution in [3.05, 3.63) is 54.6 Å². The summed E-state index contributed by atoms with van der Waals surface area (Å²) in [6.45, 7) is 3.31. The maximum atomic E-state index is 11.5. The minimum Gasteiger partial charge on any atom is -0.311 e. The molecule has 0 atom stereocenters. The number of hydrogen-bond acceptors (Lipinski definition) is 5. The van der Waals surface area contributed by atoms with Crippen LogP contribution in [0.15, 0.2) is 48.9 Å². The molecule has 1 N–H and O–H groups in total. The molecule has 3 heterocycles. The van der Waals surface area contributed by atoms with Crippen LogP contribution in [0, 0.1) is 6.92 Å². The number of carbonyl (C=O) groups is 1. The molecule has 0 saturated heterocycles. The molecule has 0 saturated carbocycles. The van der Waals surface area contributed by atoms with Crippen molar-refractivity contribution in [1.29, 1.82) is 0 Å². The molecule has 0 radical (unpaired) electrons. The standard InChI is InChI=1S/C17H15N7O/c1-11-8-15(21-12(2)25)24(22-11)17-14-9-20-23(16(14)18-10-19-17)13-6-4-3-5-7-13/h3-10H,1-2H3,(H,21,25). The summed E-state index contributed by atoms with van der Waals surface area (Å²) in [5.74, 6) is 0.938. The molecule has 124 valence electrons. The van der Waals surface area contributed by atoms with Gasteiger partial charge in [-0.25, -0.2) is 14.6 Å². The molecule has 0 aliphatic carbocycles. The van der Waals surface area contributed by atoms with Gasteiger partial charge in [0.15, 0.2) is 11.5 Å². The lowest BCUT2D eigenvalue weighted by molar-refractivity contribution is -0.114. The smallest absolute Gasteiger partial charge is 0.222 e. The number of rotatable bonds is 3. The fourth-order valence-electron chi connectivity index (χ4n) is 2.69. The molecule has 0 aliphatic rings. The Morgan fingerprint density at radius 1 is 1.12 bits per heavy atom. The molecule has 8 heteroatoms. The van der Waals surface area contributed by atoms with E-state index >= 15 is 0 Å². The van der Waals surface area contributed by atoms with Gasteiger partial charge in [0.25, 0.3) is 0 Å². The summed E-state index contributed by atoms with van der Waals surface area (Å²) in [5, 5.41) is 12.4. The van der Waals surface area contributed by atoms with Gasteiger partial charge in [0, 0.05) is 13.0 Å². The number of amides is 1. The van der Waals surface area contributed by atoms with Gasteiger partial charge in [-0.05, 0) is 19.1 Å². The second kappa shape index (κ2) is 5.82. The monoisotopic (exact) mass is 333 g/mol. The summed E-state index contributed by atoms with van der Waals surface area (Å²) >= 11 is 0. The van der Waals surface area contributed by atoms with Crippen LogP contribution in [0.1, 0.15) is 12.6 Å². The summed E-state index contributed by atoms with van der Waals surface area (Å²) in [5.41, 5.74) is 2.34. The Labute approximate surface area is 143 Å². The van der Waals surface area contributed by atoms with E-state index in [1.54, 1.807) is 21.6 Å². The summed E-state index contributed by atoms with van der Waals surface area (Å²) in [4.78, 5) is 20.2. The zero-order valence-electron chi connectivity index (χ0n) is 13.7. The van der Waals surface area contributed by atoms with Crippen LogP contribution in [0.25, 0.3) is 22.5 Å². The van der Waals surface area contributed by atoms with Crippen LogP contribution in [0.5, 0.6) is 0 Å². The summed E-state index contributed by atoms with van der Waals surface area (Å²) in [6, 6.07) is 11.5. The topological polar surface area (TPSA) is 90.5 Å². The van der Waals surface area contributed by atoms with E-state index in [2.05, 4.69) is 25.5 Å². The fourth-order valence-corrected chi connectivity index (χ4v) is 2.69. The van der Waals surface area contributed by atoms with E-state index < -0.39 is 0 Å². The van der Waals surface area contributed by atoms with E-state index in [1.165, 1.54) is 13.3 Å². The number of anilines is 1. The van der Waals surface area contributed by atoms with Gasteiger partial charge in [0.05, 0.1) is 23.0 Å². The summed E-state index contributed by atoms with van der Waals surface area (Å²) < 4.78 is 3.34. The molecule has 0 bridgehead atoms. The number of aryl methyl sites for hydroxylation is 1. The Morgan fingerprint density at radius 3 is 2.68 bits per heavy atom. The Hall–Kier alpha value is -3.55. The quantitative estimate of drug-likeness (QED) is 0.621. The van der Waals surface area contributed by atoms with E-state index in [9.17, 15) is 4.79 Å². The van der Waals surface area contributed by atoms with Crippen LogP contribution in [0.4, 0.5) is 5.82 Å². The number of para-hydroxylation sites is 1. The molecule has 3 aromatic heterocycles. The number of carbonyl (C=O) groups excluding carboxylic acids is 1. The second-order valence-corrected chi connectivity index (χ2v) is 5.59. The third kappa shape index (κ3) is 2.63. The zero-order valence-corrected chi connectivity index (χ0v) is 13.7. The fraction of sp³-hybridized carbons (Fsp3) is 0.118. The molecule has 8 nitrogen and oxygen atoms in total. The van der Waals surface area contributed by atoms with Crippen molar-refractivity contribution in [3.8, 4) is 11.5 Å². The first-order valence-electron chi connectivity index (χ1n) is 7.72. The predicted octanol–water partition coefficient (Wildman–Crippen LogP) is 2.27. The highest BCUT2D eigenvalue weighted by Crippen LogP contribution is 2.23. The predicted molar refractivity (Wildman–Crippen MR) is 92.8 cm³/mol. The van der Waals surface area contributed by atoms with E-state index in [0.717, 1.165) is 16.8 Å². The Bertz CT molecular complexity index is 1070. The van der Waals surface area contributed by atoms with Gasteiger partial charge in [-0.2, -0.15) is 14.9 Å². The maximum Gasteiger partial charge on any atom is 0.222 e. The molecule has 1 amide bonds. The Kier molecular flexibility index (Phi) is 3.50. The number of nitrogens with zero attached hydrogens (tertiary/aromatic N) is 6. The van der Waals surface area contributed by atoms with E-state index in [0.29, 0.717) is 17.3 Å². The van der Waals surface area contributed by atoms with Gasteiger partial charge in [0.2, 0.25) is 5.91 Å². The van der Waals surface area contributed by atoms with Gasteiger partial charge >= 0.3 is 0 Å².